The second kappa shape index (κ2) is 7.22. The summed E-state index contributed by atoms with van der Waals surface area (Å²) in [5, 5.41) is 6.11. The molecule has 0 bridgehead atoms. The lowest BCUT2D eigenvalue weighted by molar-refractivity contribution is -0.141. The number of alkyl halides is 3. The molecule has 1 aliphatic heterocycles. The number of nitrogens with one attached hydrogen (secondary N) is 2. The molecule has 27 heavy (non-hydrogen) atoms. The SMILES string of the molecule is CC1(C)CCC(C(=O)NCc2cc(-c3ccc(C(F)(F)F)nc3)ncn2)N1. The Labute approximate surface area is 154 Å². The molecule has 0 saturated carbocycles. The fraction of sp³-hybridized carbons (Fsp3) is 0.444. The van der Waals surface area contributed by atoms with Gasteiger partial charge in [-0.05, 0) is 44.9 Å². The van der Waals surface area contributed by atoms with E-state index in [-0.39, 0.29) is 24.0 Å². The molecule has 2 aromatic rings. The Balaban J connectivity index is 1.65. The van der Waals surface area contributed by atoms with Crippen molar-refractivity contribution in [2.24, 2.45) is 0 Å². The lowest BCUT2D eigenvalue weighted by Crippen LogP contribution is -2.45. The van der Waals surface area contributed by atoms with E-state index in [0.29, 0.717) is 17.0 Å². The quantitative estimate of drug-likeness (QED) is 0.854. The summed E-state index contributed by atoms with van der Waals surface area (Å²) in [7, 11) is 0. The second-order valence-corrected chi connectivity index (χ2v) is 7.16. The number of hydrogen-bond donors (Lipinski definition) is 2. The number of amides is 1. The molecule has 144 valence electrons. The number of pyridine rings is 1. The van der Waals surface area contributed by atoms with Crippen molar-refractivity contribution in [3.63, 3.8) is 0 Å². The monoisotopic (exact) mass is 379 g/mol. The third kappa shape index (κ3) is 4.79. The van der Waals surface area contributed by atoms with Gasteiger partial charge in [-0.3, -0.25) is 9.78 Å². The second-order valence-electron chi connectivity index (χ2n) is 7.16. The maximum atomic E-state index is 12.6. The van der Waals surface area contributed by atoms with Gasteiger partial charge in [-0.1, -0.05) is 0 Å². The van der Waals surface area contributed by atoms with Crippen LogP contribution in [0.5, 0.6) is 0 Å². The summed E-state index contributed by atoms with van der Waals surface area (Å²) in [6, 6.07) is 3.61. The fourth-order valence-corrected chi connectivity index (χ4v) is 2.98. The molecule has 3 heterocycles. The van der Waals surface area contributed by atoms with E-state index in [1.165, 1.54) is 12.4 Å². The van der Waals surface area contributed by atoms with Crippen molar-refractivity contribution in [3.8, 4) is 11.3 Å². The van der Waals surface area contributed by atoms with E-state index in [4.69, 9.17) is 0 Å². The van der Waals surface area contributed by atoms with Crippen LogP contribution in [0, 0.1) is 0 Å². The van der Waals surface area contributed by atoms with Crippen LogP contribution in [0.2, 0.25) is 0 Å². The first-order valence-corrected chi connectivity index (χ1v) is 8.54. The van der Waals surface area contributed by atoms with Gasteiger partial charge in [0.05, 0.1) is 24.0 Å². The van der Waals surface area contributed by atoms with Gasteiger partial charge in [0.1, 0.15) is 12.0 Å². The summed E-state index contributed by atoms with van der Waals surface area (Å²) < 4.78 is 37.8. The molecule has 1 aliphatic rings. The minimum atomic E-state index is -4.48. The van der Waals surface area contributed by atoms with Gasteiger partial charge < -0.3 is 10.6 Å². The first-order chi connectivity index (χ1) is 12.6. The lowest BCUT2D eigenvalue weighted by Gasteiger charge is -2.19. The van der Waals surface area contributed by atoms with Crippen LogP contribution in [0.25, 0.3) is 11.3 Å². The van der Waals surface area contributed by atoms with Crippen molar-refractivity contribution >= 4 is 5.91 Å². The number of halogens is 3. The van der Waals surface area contributed by atoms with Gasteiger partial charge in [-0.15, -0.1) is 0 Å². The van der Waals surface area contributed by atoms with Gasteiger partial charge in [0.25, 0.3) is 0 Å². The molecule has 1 amide bonds. The molecule has 0 aliphatic carbocycles. The molecule has 6 nitrogen and oxygen atoms in total. The summed E-state index contributed by atoms with van der Waals surface area (Å²) in [5.41, 5.74) is 0.428. The molecule has 3 rings (SSSR count). The molecule has 0 spiro atoms. The molecule has 1 saturated heterocycles. The summed E-state index contributed by atoms with van der Waals surface area (Å²) in [6.45, 7) is 4.31. The minimum absolute atomic E-state index is 0.0559. The van der Waals surface area contributed by atoms with Crippen molar-refractivity contribution in [2.75, 3.05) is 0 Å². The molecule has 0 radical (unpaired) electrons. The standard InChI is InChI=1S/C18H20F3N5O/c1-17(2)6-5-13(26-17)16(27)23-9-12-7-14(25-10-24-12)11-3-4-15(22-8-11)18(19,20)21/h3-4,7-8,10,13,26H,5-6,9H2,1-2H3,(H,23,27). The van der Waals surface area contributed by atoms with E-state index in [9.17, 15) is 18.0 Å². The largest absolute Gasteiger partial charge is 0.433 e. The van der Waals surface area contributed by atoms with Crippen molar-refractivity contribution < 1.29 is 18.0 Å². The van der Waals surface area contributed by atoms with Gasteiger partial charge in [-0.25, -0.2) is 9.97 Å². The van der Waals surface area contributed by atoms with Crippen LogP contribution >= 0.6 is 0 Å². The average Bonchev–Trinajstić information content (AvgIpc) is 2.99. The Kier molecular flexibility index (Phi) is 5.14. The highest BCUT2D eigenvalue weighted by atomic mass is 19.4. The van der Waals surface area contributed by atoms with E-state index >= 15 is 0 Å². The molecule has 2 aromatic heterocycles. The van der Waals surface area contributed by atoms with Crippen LogP contribution in [0.3, 0.4) is 0 Å². The summed E-state index contributed by atoms with van der Waals surface area (Å²) in [4.78, 5) is 23.9. The van der Waals surface area contributed by atoms with E-state index < -0.39 is 11.9 Å². The Morgan fingerprint density at radius 3 is 2.67 bits per heavy atom. The molecule has 1 atom stereocenters. The molecule has 1 unspecified atom stereocenters. The van der Waals surface area contributed by atoms with Gasteiger partial charge in [-0.2, -0.15) is 13.2 Å². The Hall–Kier alpha value is -2.55. The molecule has 9 heteroatoms. The highest BCUT2D eigenvalue weighted by Crippen LogP contribution is 2.28. The van der Waals surface area contributed by atoms with E-state index in [1.54, 1.807) is 6.07 Å². The van der Waals surface area contributed by atoms with Crippen molar-refractivity contribution in [1.29, 1.82) is 0 Å². The molecule has 0 aromatic carbocycles. The van der Waals surface area contributed by atoms with Crippen molar-refractivity contribution in [2.45, 2.75) is 51.0 Å². The topological polar surface area (TPSA) is 79.8 Å². The molecule has 2 N–H and O–H groups in total. The van der Waals surface area contributed by atoms with Crippen molar-refractivity contribution in [3.05, 3.63) is 42.1 Å². The maximum Gasteiger partial charge on any atom is 0.433 e. The first kappa shape index (κ1) is 19.2. The third-order valence-electron chi connectivity index (χ3n) is 4.46. The number of rotatable bonds is 4. The zero-order valence-corrected chi connectivity index (χ0v) is 15.0. The van der Waals surface area contributed by atoms with Crippen LogP contribution in [-0.2, 0) is 17.5 Å². The Morgan fingerprint density at radius 2 is 2.07 bits per heavy atom. The van der Waals surface area contributed by atoms with E-state index in [1.807, 2.05) is 0 Å². The zero-order chi connectivity index (χ0) is 19.7. The molecular formula is C18H20F3N5O. The number of nitrogens with zero attached hydrogens (tertiary/aromatic N) is 3. The number of aromatic nitrogens is 3. The van der Waals surface area contributed by atoms with Gasteiger partial charge >= 0.3 is 6.18 Å². The average molecular weight is 379 g/mol. The predicted molar refractivity (Wildman–Crippen MR) is 92.3 cm³/mol. The fourth-order valence-electron chi connectivity index (χ4n) is 2.98. The van der Waals surface area contributed by atoms with E-state index in [0.717, 1.165) is 25.1 Å². The van der Waals surface area contributed by atoms with Crippen LogP contribution in [0.15, 0.2) is 30.7 Å². The summed E-state index contributed by atoms with van der Waals surface area (Å²) in [5.74, 6) is -0.100. The number of carbonyl (C=O) groups excluding carboxylic acids is 1. The number of hydrogen-bond acceptors (Lipinski definition) is 5. The van der Waals surface area contributed by atoms with Crippen LogP contribution < -0.4 is 10.6 Å². The van der Waals surface area contributed by atoms with Crippen LogP contribution in [0.1, 0.15) is 38.1 Å². The third-order valence-corrected chi connectivity index (χ3v) is 4.46. The summed E-state index contributed by atoms with van der Waals surface area (Å²) in [6.07, 6.45) is -0.360. The van der Waals surface area contributed by atoms with Gasteiger partial charge in [0.15, 0.2) is 0 Å². The highest BCUT2D eigenvalue weighted by Gasteiger charge is 2.34. The Bertz CT molecular complexity index is 820. The zero-order valence-electron chi connectivity index (χ0n) is 15.0. The predicted octanol–water partition coefficient (Wildman–Crippen LogP) is 2.70. The van der Waals surface area contributed by atoms with Gasteiger partial charge in [0, 0.05) is 17.3 Å². The van der Waals surface area contributed by atoms with Crippen LogP contribution in [-0.4, -0.2) is 32.4 Å². The number of carbonyl (C=O) groups is 1. The summed E-state index contributed by atoms with van der Waals surface area (Å²) >= 11 is 0. The Morgan fingerprint density at radius 1 is 1.30 bits per heavy atom. The highest BCUT2D eigenvalue weighted by molar-refractivity contribution is 5.82. The first-order valence-electron chi connectivity index (χ1n) is 8.54. The lowest BCUT2D eigenvalue weighted by atomic mass is 10.0. The van der Waals surface area contributed by atoms with Crippen molar-refractivity contribution in [1.82, 2.24) is 25.6 Å². The van der Waals surface area contributed by atoms with E-state index in [2.05, 4.69) is 39.4 Å². The van der Waals surface area contributed by atoms with Gasteiger partial charge in [0.2, 0.25) is 5.91 Å². The van der Waals surface area contributed by atoms with Crippen LogP contribution in [0.4, 0.5) is 13.2 Å². The minimum Gasteiger partial charge on any atom is -0.349 e. The molecule has 1 fully saturated rings. The normalized spacial score (nSPS) is 19.1. The smallest absolute Gasteiger partial charge is 0.349 e. The molecular weight excluding hydrogens is 359 g/mol. The maximum absolute atomic E-state index is 12.6.